The lowest BCUT2D eigenvalue weighted by atomic mass is 9.78. The summed E-state index contributed by atoms with van der Waals surface area (Å²) in [6.07, 6.45) is -8.87. The fourth-order valence-corrected chi connectivity index (χ4v) is 6.69. The Bertz CT molecular complexity index is 1450. The molecule has 0 bridgehead atoms. The van der Waals surface area contributed by atoms with Crippen LogP contribution in [0.4, 0.5) is 30.7 Å². The zero-order chi connectivity index (χ0) is 34.4. The molecule has 0 saturated carbocycles. The second-order valence-corrected chi connectivity index (χ2v) is 12.9. The number of rotatable bonds is 5. The van der Waals surface area contributed by atoms with Gasteiger partial charge < -0.3 is 14.7 Å². The molecule has 6 nitrogen and oxygen atoms in total. The number of aryl methyl sites for hydroxylation is 1. The first-order chi connectivity index (χ1) is 21.2. The van der Waals surface area contributed by atoms with E-state index in [2.05, 4.69) is 0 Å². The summed E-state index contributed by atoms with van der Waals surface area (Å²) in [5, 5.41) is 0. The van der Waals surface area contributed by atoms with Crippen molar-refractivity contribution < 1.29 is 45.1 Å². The summed E-state index contributed by atoms with van der Waals surface area (Å²) < 4.78 is 95.9. The molecule has 252 valence electrons. The normalized spacial score (nSPS) is 20.1. The number of carbonyl (C=O) groups excluding carboxylic acids is 3. The molecule has 13 heteroatoms. The minimum Gasteiger partial charge on any atom is -0.343 e. The molecule has 0 aromatic heterocycles. The zero-order valence-electron chi connectivity index (χ0n) is 26.4. The Labute approximate surface area is 263 Å². The van der Waals surface area contributed by atoms with Crippen molar-refractivity contribution in [2.24, 2.45) is 5.92 Å². The maximum Gasteiger partial charge on any atom is 0.416 e. The third kappa shape index (κ3) is 7.33. The van der Waals surface area contributed by atoms with Crippen molar-refractivity contribution in [3.63, 3.8) is 0 Å². The van der Waals surface area contributed by atoms with Gasteiger partial charge in [0.1, 0.15) is 5.82 Å². The lowest BCUT2D eigenvalue weighted by molar-refractivity contribution is -0.145. The van der Waals surface area contributed by atoms with Crippen LogP contribution in [0.2, 0.25) is 0 Å². The molecule has 2 aliphatic rings. The minimum atomic E-state index is -5.08. The maximum absolute atomic E-state index is 14.1. The fraction of sp³-hybridized carbons (Fsp3) is 0.545. The molecule has 0 spiro atoms. The monoisotopic (exact) mass is 657 g/mol. The highest BCUT2D eigenvalue weighted by atomic mass is 19.4. The molecule has 0 N–H and O–H groups in total. The van der Waals surface area contributed by atoms with Gasteiger partial charge in [-0.25, -0.2) is 4.39 Å². The molecule has 0 aliphatic carbocycles. The zero-order valence-corrected chi connectivity index (χ0v) is 26.4. The van der Waals surface area contributed by atoms with Crippen molar-refractivity contribution in [2.45, 2.75) is 76.7 Å². The number of benzene rings is 2. The molecule has 2 aromatic carbocycles. The minimum absolute atomic E-state index is 0.0256. The van der Waals surface area contributed by atoms with Gasteiger partial charge in [-0.3, -0.25) is 14.4 Å². The summed E-state index contributed by atoms with van der Waals surface area (Å²) >= 11 is 0. The summed E-state index contributed by atoms with van der Waals surface area (Å²) in [6.45, 7) is 7.08. The summed E-state index contributed by atoms with van der Waals surface area (Å²) in [5.41, 5.74) is -4.01. The predicted molar refractivity (Wildman–Crippen MR) is 156 cm³/mol. The first kappa shape index (κ1) is 35.2. The van der Waals surface area contributed by atoms with E-state index in [9.17, 15) is 45.1 Å². The fourth-order valence-electron chi connectivity index (χ4n) is 6.69. The highest BCUT2D eigenvalue weighted by Gasteiger charge is 2.44. The van der Waals surface area contributed by atoms with Crippen molar-refractivity contribution in [1.82, 2.24) is 14.7 Å². The van der Waals surface area contributed by atoms with E-state index in [4.69, 9.17) is 0 Å². The average molecular weight is 658 g/mol. The quantitative estimate of drug-likeness (QED) is 0.343. The van der Waals surface area contributed by atoms with Crippen molar-refractivity contribution in [3.05, 3.63) is 70.0 Å². The highest BCUT2D eigenvalue weighted by Crippen LogP contribution is 2.41. The lowest BCUT2D eigenvalue weighted by Gasteiger charge is -2.46. The van der Waals surface area contributed by atoms with Crippen LogP contribution in [0.15, 0.2) is 36.4 Å². The van der Waals surface area contributed by atoms with Crippen molar-refractivity contribution in [1.29, 1.82) is 0 Å². The molecule has 2 fully saturated rings. The van der Waals surface area contributed by atoms with E-state index in [0.29, 0.717) is 49.2 Å². The van der Waals surface area contributed by atoms with E-state index < -0.39 is 58.1 Å². The smallest absolute Gasteiger partial charge is 0.343 e. The number of alkyl halides is 6. The molecule has 2 atom stereocenters. The summed E-state index contributed by atoms with van der Waals surface area (Å²) in [4.78, 5) is 44.1. The predicted octanol–water partition coefficient (Wildman–Crippen LogP) is 6.55. The van der Waals surface area contributed by atoms with Gasteiger partial charge in [-0.1, -0.05) is 6.07 Å². The Morgan fingerprint density at radius 1 is 0.804 bits per heavy atom. The molecule has 0 radical (unpaired) electrons. The number of piperidine rings is 2. The van der Waals surface area contributed by atoms with Gasteiger partial charge in [-0.05, 0) is 87.1 Å². The van der Waals surface area contributed by atoms with Crippen LogP contribution < -0.4 is 0 Å². The van der Waals surface area contributed by atoms with Crippen molar-refractivity contribution in [3.8, 4) is 0 Å². The van der Waals surface area contributed by atoms with Crippen LogP contribution in [0.1, 0.15) is 73.8 Å². The summed E-state index contributed by atoms with van der Waals surface area (Å²) in [7, 11) is 1.45. The lowest BCUT2D eigenvalue weighted by Crippen LogP contribution is -2.56. The number of hydrogen-bond acceptors (Lipinski definition) is 3. The topological polar surface area (TPSA) is 60.9 Å². The van der Waals surface area contributed by atoms with E-state index in [1.807, 2.05) is 0 Å². The molecule has 4 rings (SSSR count). The molecular weight excluding hydrogens is 619 g/mol. The van der Waals surface area contributed by atoms with Crippen LogP contribution >= 0.6 is 0 Å². The Kier molecular flexibility index (Phi) is 9.85. The maximum atomic E-state index is 14.1. The number of amides is 3. The van der Waals surface area contributed by atoms with Crippen LogP contribution in [-0.2, 0) is 32.2 Å². The molecule has 46 heavy (non-hydrogen) atoms. The van der Waals surface area contributed by atoms with Crippen molar-refractivity contribution in [2.75, 3.05) is 33.2 Å². The van der Waals surface area contributed by atoms with Gasteiger partial charge in [0, 0.05) is 58.0 Å². The molecule has 2 saturated heterocycles. The molecule has 3 amide bonds. The largest absolute Gasteiger partial charge is 0.416 e. The Hall–Kier alpha value is -3.64. The summed E-state index contributed by atoms with van der Waals surface area (Å²) in [5.74, 6) is -2.16. The van der Waals surface area contributed by atoms with E-state index in [1.54, 1.807) is 22.8 Å². The van der Waals surface area contributed by atoms with Gasteiger partial charge in [0.15, 0.2) is 0 Å². The second kappa shape index (κ2) is 12.9. The van der Waals surface area contributed by atoms with Crippen LogP contribution in [0, 0.1) is 18.7 Å². The molecule has 2 aliphatic heterocycles. The average Bonchev–Trinajstić information content (AvgIpc) is 2.98. The number of carbonyl (C=O) groups is 3. The van der Waals surface area contributed by atoms with Crippen LogP contribution in [0.3, 0.4) is 0 Å². The third-order valence-electron chi connectivity index (χ3n) is 9.47. The Morgan fingerprint density at radius 2 is 1.33 bits per heavy atom. The molecule has 2 aromatic rings. The highest BCUT2D eigenvalue weighted by molar-refractivity contribution is 5.88. The number of likely N-dealkylation sites (tertiary alicyclic amines) is 2. The Balaban J connectivity index is 1.65. The van der Waals surface area contributed by atoms with E-state index in [-0.39, 0.29) is 43.3 Å². The number of hydrogen-bond donors (Lipinski definition) is 0. The van der Waals surface area contributed by atoms with Gasteiger partial charge in [0.05, 0.1) is 16.5 Å². The molecule has 2 heterocycles. The second-order valence-electron chi connectivity index (χ2n) is 12.9. The van der Waals surface area contributed by atoms with Crippen LogP contribution in [-0.4, -0.2) is 71.7 Å². The summed E-state index contributed by atoms with van der Waals surface area (Å²) in [6, 6.07) is 4.74. The number of likely N-dealkylation sites (N-methyl/N-ethyl adjacent to an activating group) is 1. The van der Waals surface area contributed by atoms with Crippen LogP contribution in [0.25, 0.3) is 0 Å². The first-order valence-corrected chi connectivity index (χ1v) is 15.1. The number of nitrogens with zero attached hydrogens (tertiary/aromatic N) is 3. The molecule has 0 unspecified atom stereocenters. The van der Waals surface area contributed by atoms with Gasteiger partial charge in [-0.15, -0.1) is 0 Å². The third-order valence-corrected chi connectivity index (χ3v) is 9.47. The van der Waals surface area contributed by atoms with Gasteiger partial charge in [-0.2, -0.15) is 26.3 Å². The SMILES string of the molecule is CC(=O)N1CCC(C(=O)N2CC[C@H](N(C)C(=O)C(C)(C)c3cc(C(F)(F)F)cc(C(F)(F)F)c3)[C@@H](c3ccc(F)cc3C)C2)CC1. The van der Waals surface area contributed by atoms with Gasteiger partial charge in [0.25, 0.3) is 0 Å². The van der Waals surface area contributed by atoms with Crippen LogP contribution in [0.5, 0.6) is 0 Å². The van der Waals surface area contributed by atoms with Gasteiger partial charge in [0.2, 0.25) is 17.7 Å². The first-order valence-electron chi connectivity index (χ1n) is 15.1. The van der Waals surface area contributed by atoms with Gasteiger partial charge >= 0.3 is 12.4 Å². The van der Waals surface area contributed by atoms with E-state index in [1.165, 1.54) is 44.9 Å². The van der Waals surface area contributed by atoms with E-state index >= 15 is 0 Å². The van der Waals surface area contributed by atoms with E-state index in [0.717, 1.165) is 0 Å². The Morgan fingerprint density at radius 3 is 1.83 bits per heavy atom. The molecular formula is C33H38F7N3O3. The number of halogens is 7. The van der Waals surface area contributed by atoms with Crippen molar-refractivity contribution >= 4 is 17.7 Å². The standard InChI is InChI=1S/C33H38F7N3O3/c1-19-14-25(34)6-7-26(19)27-18-43(29(45)21-8-11-42(12-9-21)20(2)44)13-10-28(27)41(5)30(46)31(3,4)22-15-23(32(35,36)37)17-24(16-22)33(38,39)40/h6-7,14-17,21,27-28H,8-13,18H2,1-5H3/t27-,28+/m1/s1.